The van der Waals surface area contributed by atoms with Gasteiger partial charge >= 0.3 is 12.0 Å². The number of hydrogen-bond acceptors (Lipinski definition) is 3. The van der Waals surface area contributed by atoms with E-state index in [1.54, 1.807) is 4.90 Å². The molecular weight excluding hydrogens is 270 g/mol. The fourth-order valence-electron chi connectivity index (χ4n) is 2.43. The molecule has 1 aromatic rings. The molecule has 6 heteroatoms. The zero-order valence-corrected chi connectivity index (χ0v) is 12.4. The first-order valence-corrected chi connectivity index (χ1v) is 7.03. The van der Waals surface area contributed by atoms with Gasteiger partial charge in [0, 0.05) is 38.6 Å². The minimum atomic E-state index is -0.831. The summed E-state index contributed by atoms with van der Waals surface area (Å²) in [6, 6.07) is 7.30. The number of nitrogens with one attached hydrogen (secondary N) is 1. The number of carbonyl (C=O) groups excluding carboxylic acids is 1. The highest BCUT2D eigenvalue weighted by molar-refractivity contribution is 5.90. The Morgan fingerprint density at radius 3 is 2.81 bits per heavy atom. The van der Waals surface area contributed by atoms with Crippen LogP contribution in [0.5, 0.6) is 0 Å². The van der Waals surface area contributed by atoms with Crippen molar-refractivity contribution in [1.82, 2.24) is 4.90 Å². The van der Waals surface area contributed by atoms with Gasteiger partial charge in [0.05, 0.1) is 5.92 Å². The summed E-state index contributed by atoms with van der Waals surface area (Å²) in [4.78, 5) is 26.8. The van der Waals surface area contributed by atoms with Crippen molar-refractivity contribution in [2.75, 3.05) is 37.4 Å². The molecule has 1 saturated heterocycles. The average molecular weight is 291 g/mol. The van der Waals surface area contributed by atoms with Crippen molar-refractivity contribution in [3.63, 3.8) is 0 Å². The molecule has 2 rings (SSSR count). The van der Waals surface area contributed by atoms with E-state index < -0.39 is 11.9 Å². The molecule has 2 amide bonds. The first kappa shape index (κ1) is 15.2. The van der Waals surface area contributed by atoms with E-state index in [1.807, 2.05) is 43.3 Å². The van der Waals surface area contributed by atoms with Crippen LogP contribution in [0, 0.1) is 5.92 Å². The fourth-order valence-corrected chi connectivity index (χ4v) is 2.43. The van der Waals surface area contributed by atoms with E-state index in [0.717, 1.165) is 12.1 Å². The number of urea groups is 1. The summed E-state index contributed by atoms with van der Waals surface area (Å²) in [5, 5.41) is 11.9. The number of piperidine rings is 1. The minimum Gasteiger partial charge on any atom is -0.481 e. The van der Waals surface area contributed by atoms with Crippen molar-refractivity contribution in [2.45, 2.75) is 12.8 Å². The Labute approximate surface area is 124 Å². The molecule has 1 atom stereocenters. The van der Waals surface area contributed by atoms with Crippen LogP contribution in [0.15, 0.2) is 24.3 Å². The zero-order valence-electron chi connectivity index (χ0n) is 12.4. The van der Waals surface area contributed by atoms with Crippen LogP contribution in [-0.4, -0.2) is 49.2 Å². The Bertz CT molecular complexity index is 531. The normalized spacial score (nSPS) is 18.2. The van der Waals surface area contributed by atoms with Crippen LogP contribution in [0.3, 0.4) is 0 Å². The average Bonchev–Trinajstić information content (AvgIpc) is 2.47. The molecule has 0 aromatic heterocycles. The molecule has 21 heavy (non-hydrogen) atoms. The number of anilines is 2. The third kappa shape index (κ3) is 3.87. The van der Waals surface area contributed by atoms with E-state index in [-0.39, 0.29) is 12.6 Å². The molecule has 1 aliphatic rings. The summed E-state index contributed by atoms with van der Waals surface area (Å²) in [7, 11) is 3.87. The molecule has 1 fully saturated rings. The van der Waals surface area contributed by atoms with Crippen molar-refractivity contribution < 1.29 is 14.7 Å². The van der Waals surface area contributed by atoms with Crippen molar-refractivity contribution in [3.05, 3.63) is 24.3 Å². The van der Waals surface area contributed by atoms with Gasteiger partial charge in [-0.05, 0) is 31.0 Å². The molecule has 0 saturated carbocycles. The topological polar surface area (TPSA) is 72.9 Å². The summed E-state index contributed by atoms with van der Waals surface area (Å²) in [5.41, 5.74) is 1.71. The highest BCUT2D eigenvalue weighted by atomic mass is 16.4. The highest BCUT2D eigenvalue weighted by Crippen LogP contribution is 2.20. The number of amides is 2. The predicted octanol–water partition coefficient (Wildman–Crippen LogP) is 2.08. The lowest BCUT2D eigenvalue weighted by Gasteiger charge is -2.30. The first-order chi connectivity index (χ1) is 9.97. The molecule has 6 nitrogen and oxygen atoms in total. The number of rotatable bonds is 3. The Kier molecular flexibility index (Phi) is 4.67. The first-order valence-electron chi connectivity index (χ1n) is 7.03. The van der Waals surface area contributed by atoms with E-state index in [0.29, 0.717) is 18.7 Å². The molecule has 0 aliphatic carbocycles. The number of benzene rings is 1. The molecule has 1 unspecified atom stereocenters. The van der Waals surface area contributed by atoms with E-state index in [2.05, 4.69) is 5.32 Å². The maximum atomic E-state index is 12.2. The van der Waals surface area contributed by atoms with E-state index in [1.165, 1.54) is 0 Å². The SMILES string of the molecule is CN(C)c1cccc(NC(=O)N2CCCC(C(=O)O)C2)c1. The van der Waals surface area contributed by atoms with Gasteiger partial charge in [-0.3, -0.25) is 4.79 Å². The summed E-state index contributed by atoms with van der Waals surface area (Å²) in [6.45, 7) is 0.873. The summed E-state index contributed by atoms with van der Waals surface area (Å²) in [5.74, 6) is -1.29. The molecule has 0 radical (unpaired) electrons. The van der Waals surface area contributed by atoms with Crippen LogP contribution in [0.25, 0.3) is 0 Å². The van der Waals surface area contributed by atoms with Gasteiger partial charge in [-0.15, -0.1) is 0 Å². The van der Waals surface area contributed by atoms with Crippen LogP contribution in [-0.2, 0) is 4.79 Å². The van der Waals surface area contributed by atoms with Crippen LogP contribution < -0.4 is 10.2 Å². The molecular formula is C15H21N3O3. The smallest absolute Gasteiger partial charge is 0.321 e. The lowest BCUT2D eigenvalue weighted by molar-refractivity contribution is -0.143. The van der Waals surface area contributed by atoms with Gasteiger partial charge in [-0.25, -0.2) is 4.79 Å². The van der Waals surface area contributed by atoms with Gasteiger partial charge < -0.3 is 20.2 Å². The predicted molar refractivity (Wildman–Crippen MR) is 81.7 cm³/mol. The number of carbonyl (C=O) groups is 2. The maximum Gasteiger partial charge on any atom is 0.321 e. The fraction of sp³-hybridized carbons (Fsp3) is 0.467. The monoisotopic (exact) mass is 291 g/mol. The molecule has 0 bridgehead atoms. The van der Waals surface area contributed by atoms with Crippen LogP contribution in [0.1, 0.15) is 12.8 Å². The number of carboxylic acid groups (broad SMARTS) is 1. The van der Waals surface area contributed by atoms with Gasteiger partial charge in [0.25, 0.3) is 0 Å². The lowest BCUT2D eigenvalue weighted by atomic mass is 9.99. The van der Waals surface area contributed by atoms with Crippen LogP contribution in [0.4, 0.5) is 16.2 Å². The lowest BCUT2D eigenvalue weighted by Crippen LogP contribution is -2.44. The minimum absolute atomic E-state index is 0.239. The summed E-state index contributed by atoms with van der Waals surface area (Å²) in [6.07, 6.45) is 1.36. The third-order valence-electron chi connectivity index (χ3n) is 3.67. The quantitative estimate of drug-likeness (QED) is 0.894. The van der Waals surface area contributed by atoms with Gasteiger partial charge in [0.15, 0.2) is 0 Å². The van der Waals surface area contributed by atoms with Gasteiger partial charge in [0.2, 0.25) is 0 Å². The van der Waals surface area contributed by atoms with E-state index >= 15 is 0 Å². The maximum absolute atomic E-state index is 12.2. The van der Waals surface area contributed by atoms with Crippen LogP contribution in [0.2, 0.25) is 0 Å². The zero-order chi connectivity index (χ0) is 15.4. The van der Waals surface area contributed by atoms with E-state index in [9.17, 15) is 9.59 Å². The summed E-state index contributed by atoms with van der Waals surface area (Å²) < 4.78 is 0. The highest BCUT2D eigenvalue weighted by Gasteiger charge is 2.28. The largest absolute Gasteiger partial charge is 0.481 e. The molecule has 1 heterocycles. The Hall–Kier alpha value is -2.24. The Balaban J connectivity index is 2.01. The van der Waals surface area contributed by atoms with Crippen molar-refractivity contribution in [3.8, 4) is 0 Å². The second kappa shape index (κ2) is 6.47. The van der Waals surface area contributed by atoms with Gasteiger partial charge in [-0.2, -0.15) is 0 Å². The number of carboxylic acids is 1. The number of nitrogens with zero attached hydrogens (tertiary/aromatic N) is 2. The Morgan fingerprint density at radius 1 is 1.38 bits per heavy atom. The number of likely N-dealkylation sites (tertiary alicyclic amines) is 1. The molecule has 0 spiro atoms. The molecule has 2 N–H and O–H groups in total. The molecule has 114 valence electrons. The van der Waals surface area contributed by atoms with Gasteiger partial charge in [0.1, 0.15) is 0 Å². The standard InChI is InChI=1S/C15H21N3O3/c1-17(2)13-7-3-6-12(9-13)16-15(21)18-8-4-5-11(10-18)14(19)20/h3,6-7,9,11H,4-5,8,10H2,1-2H3,(H,16,21)(H,19,20). The van der Waals surface area contributed by atoms with Crippen molar-refractivity contribution >= 4 is 23.4 Å². The number of hydrogen-bond donors (Lipinski definition) is 2. The van der Waals surface area contributed by atoms with Gasteiger partial charge in [-0.1, -0.05) is 6.07 Å². The van der Waals surface area contributed by atoms with E-state index in [4.69, 9.17) is 5.11 Å². The molecule has 1 aliphatic heterocycles. The Morgan fingerprint density at radius 2 is 2.14 bits per heavy atom. The van der Waals surface area contributed by atoms with Crippen LogP contribution >= 0.6 is 0 Å². The van der Waals surface area contributed by atoms with Crippen molar-refractivity contribution in [1.29, 1.82) is 0 Å². The third-order valence-corrected chi connectivity index (χ3v) is 3.67. The molecule has 1 aromatic carbocycles. The van der Waals surface area contributed by atoms with Crippen molar-refractivity contribution in [2.24, 2.45) is 5.92 Å². The summed E-state index contributed by atoms with van der Waals surface area (Å²) >= 11 is 0. The second-order valence-corrected chi connectivity index (χ2v) is 5.50. The second-order valence-electron chi connectivity index (χ2n) is 5.50. The number of aliphatic carboxylic acids is 1.